The summed E-state index contributed by atoms with van der Waals surface area (Å²) in [6.45, 7) is 2.41. The third-order valence-corrected chi connectivity index (χ3v) is 4.66. The highest BCUT2D eigenvalue weighted by Crippen LogP contribution is 2.30. The van der Waals surface area contributed by atoms with Crippen LogP contribution >= 0.6 is 0 Å². The number of para-hydroxylation sites is 1. The van der Waals surface area contributed by atoms with Gasteiger partial charge in [0, 0.05) is 37.9 Å². The molecule has 8 heteroatoms. The lowest BCUT2D eigenvalue weighted by molar-refractivity contribution is -0.385. The molecule has 0 radical (unpaired) electrons. The number of rotatable bonds is 4. The van der Waals surface area contributed by atoms with Gasteiger partial charge in [-0.3, -0.25) is 14.9 Å². The summed E-state index contributed by atoms with van der Waals surface area (Å²) in [7, 11) is 1.62. The van der Waals surface area contributed by atoms with Gasteiger partial charge in [-0.15, -0.1) is 0 Å². The quantitative estimate of drug-likeness (QED) is 0.656. The molecule has 1 aliphatic heterocycles. The van der Waals surface area contributed by atoms with E-state index in [2.05, 4.69) is 4.90 Å². The van der Waals surface area contributed by atoms with E-state index in [1.54, 1.807) is 12.0 Å². The summed E-state index contributed by atoms with van der Waals surface area (Å²) in [6.07, 6.45) is 0.757. The highest BCUT2D eigenvalue weighted by molar-refractivity contribution is 5.98. The second-order valence-corrected chi connectivity index (χ2v) is 6.26. The number of amides is 1. The Balaban J connectivity index is 1.73. The fraction of sp³-hybridized carbons (Fsp3) is 0.316. The number of phenolic OH excluding ortho intramolecular Hbond substituents is 1. The van der Waals surface area contributed by atoms with E-state index >= 15 is 0 Å². The number of ether oxygens (including phenoxy) is 1. The molecule has 1 heterocycles. The number of aromatic hydroxyl groups is 1. The molecule has 1 saturated heterocycles. The lowest BCUT2D eigenvalue weighted by Crippen LogP contribution is -2.35. The minimum atomic E-state index is -0.694. The number of carbonyl (C=O) groups is 1. The summed E-state index contributed by atoms with van der Waals surface area (Å²) in [5, 5.41) is 21.1. The number of hydrogen-bond acceptors (Lipinski definition) is 6. The van der Waals surface area contributed by atoms with Crippen molar-refractivity contribution in [1.82, 2.24) is 4.90 Å². The largest absolute Gasteiger partial charge is 0.502 e. The van der Waals surface area contributed by atoms with Crippen molar-refractivity contribution in [2.45, 2.75) is 6.42 Å². The van der Waals surface area contributed by atoms with Crippen molar-refractivity contribution in [3.8, 4) is 11.5 Å². The zero-order valence-corrected chi connectivity index (χ0v) is 15.0. The Morgan fingerprint density at radius 3 is 2.52 bits per heavy atom. The van der Waals surface area contributed by atoms with E-state index in [9.17, 15) is 20.0 Å². The molecule has 1 amide bonds. The number of nitro benzene ring substituents is 1. The topological polar surface area (TPSA) is 96.2 Å². The van der Waals surface area contributed by atoms with Crippen LogP contribution in [0.1, 0.15) is 16.8 Å². The second kappa shape index (κ2) is 7.94. The molecule has 0 aromatic heterocycles. The van der Waals surface area contributed by atoms with Crippen molar-refractivity contribution in [1.29, 1.82) is 0 Å². The van der Waals surface area contributed by atoms with Crippen molar-refractivity contribution < 1.29 is 19.6 Å². The average molecular weight is 371 g/mol. The molecular formula is C19H21N3O5. The van der Waals surface area contributed by atoms with E-state index in [1.165, 1.54) is 18.2 Å². The minimum absolute atomic E-state index is 0.0397. The van der Waals surface area contributed by atoms with Gasteiger partial charge in [0.1, 0.15) is 5.75 Å². The van der Waals surface area contributed by atoms with Crippen LogP contribution in [-0.4, -0.2) is 54.1 Å². The molecular weight excluding hydrogens is 350 g/mol. The van der Waals surface area contributed by atoms with Gasteiger partial charge in [0.2, 0.25) is 5.75 Å². The maximum Gasteiger partial charge on any atom is 0.311 e. The molecule has 0 unspecified atom stereocenters. The predicted octanol–water partition coefficient (Wildman–Crippen LogP) is 2.66. The number of carbonyl (C=O) groups excluding carboxylic acids is 1. The molecule has 0 atom stereocenters. The van der Waals surface area contributed by atoms with Gasteiger partial charge in [-0.25, -0.2) is 0 Å². The molecule has 1 fully saturated rings. The molecule has 1 aliphatic rings. The lowest BCUT2D eigenvalue weighted by atomic mass is 10.1. The van der Waals surface area contributed by atoms with Crippen LogP contribution in [0, 0.1) is 10.1 Å². The Morgan fingerprint density at radius 1 is 1.11 bits per heavy atom. The van der Waals surface area contributed by atoms with Crippen LogP contribution in [0.2, 0.25) is 0 Å². The molecule has 142 valence electrons. The van der Waals surface area contributed by atoms with E-state index in [0.717, 1.165) is 24.4 Å². The highest BCUT2D eigenvalue weighted by atomic mass is 16.6. The van der Waals surface area contributed by atoms with Crippen molar-refractivity contribution >= 4 is 17.3 Å². The molecule has 8 nitrogen and oxygen atoms in total. The Morgan fingerprint density at radius 2 is 1.85 bits per heavy atom. The fourth-order valence-corrected chi connectivity index (χ4v) is 3.19. The van der Waals surface area contributed by atoms with Crippen LogP contribution < -0.4 is 9.64 Å². The summed E-state index contributed by atoms with van der Waals surface area (Å²) in [4.78, 5) is 26.9. The number of phenols is 1. The van der Waals surface area contributed by atoms with E-state index in [-0.39, 0.29) is 5.56 Å². The standard InChI is InChI=1S/C19H21N3O5/c1-27-15-8-6-14(7-9-15)20-10-3-11-21(13-12-20)19(24)16-4-2-5-17(18(16)23)22(25)26/h2,4-9,23H,3,10-13H2,1H3. The molecule has 0 bridgehead atoms. The summed E-state index contributed by atoms with van der Waals surface area (Å²) in [5.41, 5.74) is 0.543. The molecule has 2 aromatic rings. The predicted molar refractivity (Wildman–Crippen MR) is 100 cm³/mol. The van der Waals surface area contributed by atoms with Gasteiger partial charge in [0.15, 0.2) is 0 Å². The summed E-state index contributed by atoms with van der Waals surface area (Å²) >= 11 is 0. The van der Waals surface area contributed by atoms with Crippen molar-refractivity contribution in [2.75, 3.05) is 38.2 Å². The summed E-state index contributed by atoms with van der Waals surface area (Å²) in [5.74, 6) is -0.192. The minimum Gasteiger partial charge on any atom is -0.502 e. The van der Waals surface area contributed by atoms with Crippen molar-refractivity contribution in [3.05, 3.63) is 58.1 Å². The van der Waals surface area contributed by atoms with Gasteiger partial charge in [-0.1, -0.05) is 6.07 Å². The summed E-state index contributed by atoms with van der Waals surface area (Å²) < 4.78 is 5.17. The van der Waals surface area contributed by atoms with E-state index < -0.39 is 22.3 Å². The summed E-state index contributed by atoms with van der Waals surface area (Å²) in [6, 6.07) is 11.7. The zero-order chi connectivity index (χ0) is 19.4. The molecule has 0 saturated carbocycles. The number of nitrogens with zero attached hydrogens (tertiary/aromatic N) is 3. The van der Waals surface area contributed by atoms with Gasteiger partial charge in [-0.2, -0.15) is 0 Å². The highest BCUT2D eigenvalue weighted by Gasteiger charge is 2.26. The zero-order valence-electron chi connectivity index (χ0n) is 15.0. The molecule has 2 aromatic carbocycles. The smallest absolute Gasteiger partial charge is 0.311 e. The van der Waals surface area contributed by atoms with Crippen LogP contribution in [0.4, 0.5) is 11.4 Å². The number of methoxy groups -OCH3 is 1. The Hall–Kier alpha value is -3.29. The Labute approximate surface area is 156 Å². The Bertz CT molecular complexity index is 838. The van der Waals surface area contributed by atoms with Gasteiger partial charge >= 0.3 is 5.69 Å². The first kappa shape index (κ1) is 18.5. The molecule has 0 spiro atoms. The van der Waals surface area contributed by atoms with E-state index in [0.29, 0.717) is 19.6 Å². The molecule has 27 heavy (non-hydrogen) atoms. The van der Waals surface area contributed by atoms with Crippen LogP contribution in [0.25, 0.3) is 0 Å². The van der Waals surface area contributed by atoms with Gasteiger partial charge in [0.05, 0.1) is 17.6 Å². The van der Waals surface area contributed by atoms with Gasteiger partial charge < -0.3 is 19.6 Å². The monoisotopic (exact) mass is 371 g/mol. The first-order valence-electron chi connectivity index (χ1n) is 8.66. The van der Waals surface area contributed by atoms with E-state index in [1.807, 2.05) is 24.3 Å². The van der Waals surface area contributed by atoms with Crippen LogP contribution in [0.15, 0.2) is 42.5 Å². The lowest BCUT2D eigenvalue weighted by Gasteiger charge is -2.24. The van der Waals surface area contributed by atoms with Gasteiger partial charge in [-0.05, 0) is 36.8 Å². The third kappa shape index (κ3) is 3.94. The van der Waals surface area contributed by atoms with E-state index in [4.69, 9.17) is 4.74 Å². The Kier molecular flexibility index (Phi) is 5.44. The average Bonchev–Trinajstić information content (AvgIpc) is 2.94. The van der Waals surface area contributed by atoms with Crippen LogP contribution in [-0.2, 0) is 0 Å². The number of nitro groups is 1. The van der Waals surface area contributed by atoms with Crippen molar-refractivity contribution in [3.63, 3.8) is 0 Å². The van der Waals surface area contributed by atoms with Crippen molar-refractivity contribution in [2.24, 2.45) is 0 Å². The second-order valence-electron chi connectivity index (χ2n) is 6.26. The SMILES string of the molecule is COc1ccc(N2CCCN(C(=O)c3cccc([N+](=O)[O-])c3O)CC2)cc1. The van der Waals surface area contributed by atoms with Gasteiger partial charge in [0.25, 0.3) is 5.91 Å². The normalized spacial score (nSPS) is 14.6. The molecule has 1 N–H and O–H groups in total. The maximum absolute atomic E-state index is 12.8. The molecule has 0 aliphatic carbocycles. The first-order valence-corrected chi connectivity index (χ1v) is 8.66. The first-order chi connectivity index (χ1) is 13.0. The number of anilines is 1. The third-order valence-electron chi connectivity index (χ3n) is 4.66. The maximum atomic E-state index is 12.8. The number of benzene rings is 2. The number of hydrogen-bond donors (Lipinski definition) is 1. The molecule has 3 rings (SSSR count). The van der Waals surface area contributed by atoms with Crippen LogP contribution in [0.5, 0.6) is 11.5 Å². The van der Waals surface area contributed by atoms with Crippen LogP contribution in [0.3, 0.4) is 0 Å². The fourth-order valence-electron chi connectivity index (χ4n) is 3.19.